The van der Waals surface area contributed by atoms with Gasteiger partial charge in [0, 0.05) is 0 Å². The van der Waals surface area contributed by atoms with Crippen LogP contribution >= 0.6 is 0 Å². The number of halogens is 18. The summed E-state index contributed by atoms with van der Waals surface area (Å²) in [6, 6.07) is 12.7. The molecule has 0 radical (unpaired) electrons. The van der Waals surface area contributed by atoms with E-state index in [4.69, 9.17) is 0 Å². The van der Waals surface area contributed by atoms with Crippen LogP contribution in [0.5, 0.6) is 0 Å². The molecule has 206 valence electrons. The topological polar surface area (TPSA) is 0 Å². The Balaban J connectivity index is -0.000000119. The molecule has 0 atom stereocenters. The van der Waals surface area contributed by atoms with Gasteiger partial charge in [0.15, 0.2) is 0 Å². The third-order valence-corrected chi connectivity index (χ3v) is 2.20. The third-order valence-electron chi connectivity index (χ3n) is 2.20. The summed E-state index contributed by atoms with van der Waals surface area (Å²) in [5.41, 5.74) is -1.20. The third kappa shape index (κ3) is 45.5. The first kappa shape index (κ1) is 41.1. The second-order valence-corrected chi connectivity index (χ2v) is 5.21. The van der Waals surface area contributed by atoms with Crippen LogP contribution in [0.25, 0.3) is 0 Å². The fraction of sp³-hybridized carbons (Fsp3) is 0.143. The maximum Gasteiger partial charge on any atom is 1.00 e. The largest absolute Gasteiger partial charge is 1.00 e. The van der Waals surface area contributed by atoms with Crippen molar-refractivity contribution in [1.29, 1.82) is 0 Å². The molecule has 0 saturated carbocycles. The summed E-state index contributed by atoms with van der Waals surface area (Å²) in [7, 11) is -18.0. The van der Waals surface area contributed by atoms with Gasteiger partial charge in [-0.2, -0.15) is 26.3 Å². The maximum absolute atomic E-state index is 11.8. The van der Waals surface area contributed by atoms with Crippen molar-refractivity contribution in [3.05, 3.63) is 71.8 Å². The van der Waals surface area contributed by atoms with Gasteiger partial charge in [0.25, 0.3) is 0 Å². The van der Waals surface area contributed by atoms with Crippen molar-refractivity contribution in [3.63, 3.8) is 0 Å². The molecular weight excluding hydrogens is 549 g/mol. The van der Waals surface area contributed by atoms with Crippen LogP contribution in [-0.4, -0.2) is 21.8 Å². The predicted molar refractivity (Wildman–Crippen MR) is 94.6 cm³/mol. The van der Waals surface area contributed by atoms with E-state index in [2.05, 4.69) is 0 Å². The van der Waals surface area contributed by atoms with Crippen LogP contribution in [0.3, 0.4) is 0 Å². The SMILES string of the molecule is FC(F)(F)c1ccccc1.FC(F)(F)c1ccccc1.F[B-](F)(F)F.F[B-](F)(F)F.F[B-](F)(F)F.[H-].[Li+]. The molecule has 0 bridgehead atoms. The average Bonchev–Trinajstić information content (AvgIpc) is 2.58. The summed E-state index contributed by atoms with van der Waals surface area (Å²) >= 11 is 0. The van der Waals surface area contributed by atoms with E-state index in [1.165, 1.54) is 24.3 Å². The van der Waals surface area contributed by atoms with Crippen LogP contribution in [0.1, 0.15) is 12.6 Å². The summed E-state index contributed by atoms with van der Waals surface area (Å²) in [6.45, 7) is 0. The van der Waals surface area contributed by atoms with E-state index >= 15 is 0 Å². The average molecular weight is 561 g/mol. The van der Waals surface area contributed by atoms with E-state index < -0.39 is 45.2 Å². The molecule has 0 aromatic heterocycles. The minimum Gasteiger partial charge on any atom is -1.00 e. The van der Waals surface area contributed by atoms with Gasteiger partial charge < -0.3 is 53.2 Å². The molecule has 2 rings (SSSR count). The molecule has 36 heavy (non-hydrogen) atoms. The van der Waals surface area contributed by atoms with Gasteiger partial charge in [-0.05, 0) is 0 Å². The minimum atomic E-state index is -6.00. The van der Waals surface area contributed by atoms with Crippen molar-refractivity contribution < 1.29 is 98.4 Å². The van der Waals surface area contributed by atoms with Gasteiger partial charge >= 0.3 is 53.0 Å². The number of hydrogen-bond donors (Lipinski definition) is 0. The molecule has 0 spiro atoms. The van der Waals surface area contributed by atoms with Crippen molar-refractivity contribution in [2.24, 2.45) is 0 Å². The van der Waals surface area contributed by atoms with E-state index in [0.717, 1.165) is 24.3 Å². The van der Waals surface area contributed by atoms with Crippen LogP contribution in [0.4, 0.5) is 78.1 Å². The van der Waals surface area contributed by atoms with Gasteiger partial charge in [-0.25, -0.2) is 0 Å². The molecule has 0 aliphatic rings. The molecule has 0 saturated heterocycles. The van der Waals surface area contributed by atoms with Crippen molar-refractivity contribution in [2.75, 3.05) is 0 Å². The van der Waals surface area contributed by atoms with Crippen LogP contribution < -0.4 is 18.9 Å². The molecule has 0 heterocycles. The van der Waals surface area contributed by atoms with Gasteiger partial charge in [0.2, 0.25) is 0 Å². The van der Waals surface area contributed by atoms with Crippen molar-refractivity contribution >= 4 is 21.8 Å². The first-order valence-electron chi connectivity index (χ1n) is 8.07. The Morgan fingerprint density at radius 1 is 0.389 bits per heavy atom. The zero-order valence-electron chi connectivity index (χ0n) is 18.3. The van der Waals surface area contributed by atoms with Crippen LogP contribution in [0.15, 0.2) is 60.7 Å². The molecule has 0 aliphatic carbocycles. The second kappa shape index (κ2) is 17.4. The van der Waals surface area contributed by atoms with Crippen LogP contribution in [0.2, 0.25) is 0 Å². The molecule has 2 aromatic carbocycles. The molecule has 0 N–H and O–H groups in total. The minimum absolute atomic E-state index is 0. The molecular formula is C14H11B3F18Li-3. The fourth-order valence-electron chi connectivity index (χ4n) is 1.25. The first-order valence-corrected chi connectivity index (χ1v) is 8.07. The van der Waals surface area contributed by atoms with E-state index in [9.17, 15) is 78.1 Å². The fourth-order valence-corrected chi connectivity index (χ4v) is 1.25. The summed E-state index contributed by atoms with van der Waals surface area (Å²) in [4.78, 5) is 0. The predicted octanol–water partition coefficient (Wildman–Crippen LogP) is 6.43. The van der Waals surface area contributed by atoms with Crippen molar-refractivity contribution in [3.8, 4) is 0 Å². The van der Waals surface area contributed by atoms with Crippen LogP contribution in [0, 0.1) is 0 Å². The molecule has 22 heteroatoms. The van der Waals surface area contributed by atoms with Gasteiger partial charge in [-0.15, -0.1) is 0 Å². The quantitative estimate of drug-likeness (QED) is 0.258. The van der Waals surface area contributed by atoms with E-state index in [1.807, 2.05) is 0 Å². The molecule has 0 unspecified atom stereocenters. The second-order valence-electron chi connectivity index (χ2n) is 5.21. The molecule has 2 aromatic rings. The summed E-state index contributed by atoms with van der Waals surface area (Å²) in [5.74, 6) is 0. The first-order chi connectivity index (χ1) is 15.2. The van der Waals surface area contributed by atoms with Crippen molar-refractivity contribution in [1.82, 2.24) is 0 Å². The molecule has 0 nitrogen and oxygen atoms in total. The van der Waals surface area contributed by atoms with Gasteiger partial charge in [-0.3, -0.25) is 0 Å². The zero-order chi connectivity index (χ0) is 28.7. The van der Waals surface area contributed by atoms with Gasteiger partial charge in [0.05, 0.1) is 11.1 Å². The monoisotopic (exact) mass is 561 g/mol. The molecule has 0 fully saturated rings. The van der Waals surface area contributed by atoms with Crippen LogP contribution in [-0.2, 0) is 12.4 Å². The summed E-state index contributed by atoms with van der Waals surface area (Å²) in [5, 5.41) is 0. The Hall–Kier alpha value is -2.03. The van der Waals surface area contributed by atoms with Gasteiger partial charge in [0.1, 0.15) is 0 Å². The smallest absolute Gasteiger partial charge is 1.00 e. The maximum atomic E-state index is 11.8. The number of rotatable bonds is 0. The standard InChI is InChI=1S/2C7H5F3.3BF4.Li.H/c2*8-7(9,10)6-4-2-1-3-5-6;3*2-1(3,4)5;;/h2*1-5H;;;;;/q;;3*-1;+1;-1. The number of alkyl halides is 6. The molecule has 0 aliphatic heterocycles. The Morgan fingerprint density at radius 3 is 0.611 bits per heavy atom. The summed E-state index contributed by atoms with van der Waals surface area (Å²) < 4.78 is 188. The van der Waals surface area contributed by atoms with E-state index in [1.54, 1.807) is 12.1 Å². The summed E-state index contributed by atoms with van der Waals surface area (Å²) in [6.07, 6.45) is -8.41. The van der Waals surface area contributed by atoms with E-state index in [0.29, 0.717) is 0 Å². The Bertz CT molecular complexity index is 679. The Labute approximate surface area is 205 Å². The van der Waals surface area contributed by atoms with Gasteiger partial charge in [-0.1, -0.05) is 60.7 Å². The normalized spacial score (nSPS) is 11.4. The van der Waals surface area contributed by atoms with Crippen molar-refractivity contribution in [2.45, 2.75) is 12.4 Å². The number of benzene rings is 2. The molecule has 0 amide bonds. The number of hydrogen-bond acceptors (Lipinski definition) is 0. The Morgan fingerprint density at radius 2 is 0.528 bits per heavy atom. The van der Waals surface area contributed by atoms with E-state index in [-0.39, 0.29) is 20.3 Å². The zero-order valence-corrected chi connectivity index (χ0v) is 17.3. The Kier molecular flexibility index (Phi) is 19.9.